The summed E-state index contributed by atoms with van der Waals surface area (Å²) in [5, 5.41) is 3.35. The van der Waals surface area contributed by atoms with E-state index in [9.17, 15) is 0 Å². The van der Waals surface area contributed by atoms with Crippen LogP contribution in [-0.4, -0.2) is 25.2 Å². The fourth-order valence-electron chi connectivity index (χ4n) is 1.51. The number of methoxy groups -OCH3 is 1. The van der Waals surface area contributed by atoms with Gasteiger partial charge in [-0.3, -0.25) is 0 Å². The standard InChI is InChI=1S/C11H19N3O/c1-11(2,14-8-6-12)9-5-4-7-13-10(9)15-3/h4-5,7,14H,6,8,12H2,1-3H3. The van der Waals surface area contributed by atoms with Gasteiger partial charge in [-0.05, 0) is 19.9 Å². The van der Waals surface area contributed by atoms with Crippen LogP contribution >= 0.6 is 0 Å². The Balaban J connectivity index is 2.92. The van der Waals surface area contributed by atoms with Crippen molar-refractivity contribution >= 4 is 0 Å². The number of hydrogen-bond donors (Lipinski definition) is 2. The van der Waals surface area contributed by atoms with E-state index in [1.807, 2.05) is 12.1 Å². The number of pyridine rings is 1. The van der Waals surface area contributed by atoms with Crippen molar-refractivity contribution in [2.75, 3.05) is 20.2 Å². The third-order valence-electron chi connectivity index (χ3n) is 2.35. The van der Waals surface area contributed by atoms with Crippen molar-refractivity contribution in [3.63, 3.8) is 0 Å². The summed E-state index contributed by atoms with van der Waals surface area (Å²) in [5.41, 5.74) is 6.34. The van der Waals surface area contributed by atoms with Gasteiger partial charge in [0.15, 0.2) is 0 Å². The monoisotopic (exact) mass is 209 g/mol. The predicted octanol–water partition coefficient (Wildman–Crippen LogP) is 0.874. The molecule has 1 aromatic rings. The molecule has 0 atom stereocenters. The minimum Gasteiger partial charge on any atom is -0.481 e. The molecule has 0 aliphatic rings. The summed E-state index contributed by atoms with van der Waals surface area (Å²) in [7, 11) is 1.63. The summed E-state index contributed by atoms with van der Waals surface area (Å²) >= 11 is 0. The molecule has 0 saturated heterocycles. The molecule has 0 unspecified atom stereocenters. The topological polar surface area (TPSA) is 60.2 Å². The molecule has 0 radical (unpaired) electrons. The van der Waals surface area contributed by atoms with Crippen molar-refractivity contribution in [1.29, 1.82) is 0 Å². The van der Waals surface area contributed by atoms with E-state index >= 15 is 0 Å². The van der Waals surface area contributed by atoms with Crippen LogP contribution < -0.4 is 15.8 Å². The smallest absolute Gasteiger partial charge is 0.218 e. The first-order valence-corrected chi connectivity index (χ1v) is 5.06. The van der Waals surface area contributed by atoms with Gasteiger partial charge >= 0.3 is 0 Å². The summed E-state index contributed by atoms with van der Waals surface area (Å²) in [4.78, 5) is 4.18. The molecule has 0 aliphatic carbocycles. The third-order valence-corrected chi connectivity index (χ3v) is 2.35. The van der Waals surface area contributed by atoms with Crippen molar-refractivity contribution in [1.82, 2.24) is 10.3 Å². The number of rotatable bonds is 5. The number of nitrogens with zero attached hydrogens (tertiary/aromatic N) is 1. The molecule has 0 spiro atoms. The van der Waals surface area contributed by atoms with E-state index in [0.717, 1.165) is 12.1 Å². The van der Waals surface area contributed by atoms with Crippen LogP contribution in [0.25, 0.3) is 0 Å². The molecule has 1 rings (SSSR count). The van der Waals surface area contributed by atoms with Crippen LogP contribution in [0.1, 0.15) is 19.4 Å². The Morgan fingerprint density at radius 2 is 2.27 bits per heavy atom. The molecule has 1 heterocycles. The van der Waals surface area contributed by atoms with E-state index < -0.39 is 0 Å². The van der Waals surface area contributed by atoms with E-state index in [2.05, 4.69) is 24.1 Å². The van der Waals surface area contributed by atoms with Gasteiger partial charge in [-0.2, -0.15) is 0 Å². The van der Waals surface area contributed by atoms with E-state index in [1.54, 1.807) is 13.3 Å². The second kappa shape index (κ2) is 5.09. The quantitative estimate of drug-likeness (QED) is 0.755. The zero-order valence-electron chi connectivity index (χ0n) is 9.58. The highest BCUT2D eigenvalue weighted by Crippen LogP contribution is 2.26. The summed E-state index contributed by atoms with van der Waals surface area (Å²) in [5.74, 6) is 0.659. The first kappa shape index (κ1) is 11.9. The molecule has 15 heavy (non-hydrogen) atoms. The lowest BCUT2D eigenvalue weighted by atomic mass is 9.95. The van der Waals surface area contributed by atoms with Crippen molar-refractivity contribution in [3.8, 4) is 5.88 Å². The Kier molecular flexibility index (Phi) is 4.05. The van der Waals surface area contributed by atoms with Crippen LogP contribution in [-0.2, 0) is 5.54 Å². The van der Waals surface area contributed by atoms with Crippen molar-refractivity contribution in [3.05, 3.63) is 23.9 Å². The van der Waals surface area contributed by atoms with E-state index in [1.165, 1.54) is 0 Å². The minimum atomic E-state index is -0.182. The maximum Gasteiger partial charge on any atom is 0.218 e. The van der Waals surface area contributed by atoms with Crippen molar-refractivity contribution < 1.29 is 4.74 Å². The van der Waals surface area contributed by atoms with Crippen LogP contribution in [0.15, 0.2) is 18.3 Å². The van der Waals surface area contributed by atoms with Crippen molar-refractivity contribution in [2.24, 2.45) is 5.73 Å². The number of nitrogens with one attached hydrogen (secondary N) is 1. The minimum absolute atomic E-state index is 0.182. The van der Waals surface area contributed by atoms with Crippen molar-refractivity contribution in [2.45, 2.75) is 19.4 Å². The molecule has 1 aromatic heterocycles. The predicted molar refractivity (Wildman–Crippen MR) is 60.9 cm³/mol. The number of nitrogens with two attached hydrogens (primary N) is 1. The number of aromatic nitrogens is 1. The Bertz CT molecular complexity index is 312. The summed E-state index contributed by atoms with van der Waals surface area (Å²) < 4.78 is 5.23. The Morgan fingerprint density at radius 1 is 1.53 bits per heavy atom. The van der Waals surface area contributed by atoms with Gasteiger partial charge in [0.2, 0.25) is 5.88 Å². The summed E-state index contributed by atoms with van der Waals surface area (Å²) in [6.07, 6.45) is 1.72. The molecule has 0 bridgehead atoms. The molecule has 0 fully saturated rings. The first-order valence-electron chi connectivity index (χ1n) is 5.06. The highest BCUT2D eigenvalue weighted by molar-refractivity contribution is 5.31. The van der Waals surface area contributed by atoms with E-state index in [-0.39, 0.29) is 5.54 Å². The largest absolute Gasteiger partial charge is 0.481 e. The number of hydrogen-bond acceptors (Lipinski definition) is 4. The normalized spacial score (nSPS) is 11.5. The average molecular weight is 209 g/mol. The van der Waals surface area contributed by atoms with Crippen LogP contribution in [0, 0.1) is 0 Å². The van der Waals surface area contributed by atoms with Crippen LogP contribution in [0.2, 0.25) is 0 Å². The lowest BCUT2D eigenvalue weighted by Crippen LogP contribution is -2.39. The molecule has 0 saturated carbocycles. The molecule has 4 heteroatoms. The third kappa shape index (κ3) is 2.91. The molecular formula is C11H19N3O. The Hall–Kier alpha value is -1.13. The van der Waals surface area contributed by atoms with Gasteiger partial charge in [0.1, 0.15) is 0 Å². The maximum atomic E-state index is 5.47. The maximum absolute atomic E-state index is 5.47. The Labute approximate surface area is 90.8 Å². The fraction of sp³-hybridized carbons (Fsp3) is 0.545. The zero-order chi connectivity index (χ0) is 11.3. The van der Waals surface area contributed by atoms with Crippen LogP contribution in [0.3, 0.4) is 0 Å². The summed E-state index contributed by atoms with van der Waals surface area (Å²) in [6.45, 7) is 5.56. The summed E-state index contributed by atoms with van der Waals surface area (Å²) in [6, 6.07) is 3.92. The second-order valence-corrected chi connectivity index (χ2v) is 3.90. The van der Waals surface area contributed by atoms with Crippen LogP contribution in [0.5, 0.6) is 5.88 Å². The van der Waals surface area contributed by atoms with Gasteiger partial charge in [0.25, 0.3) is 0 Å². The van der Waals surface area contributed by atoms with Gasteiger partial charge in [0, 0.05) is 30.4 Å². The lowest BCUT2D eigenvalue weighted by molar-refractivity contribution is 0.351. The van der Waals surface area contributed by atoms with Gasteiger partial charge in [-0.15, -0.1) is 0 Å². The molecular weight excluding hydrogens is 190 g/mol. The fourth-order valence-corrected chi connectivity index (χ4v) is 1.51. The highest BCUT2D eigenvalue weighted by atomic mass is 16.5. The molecule has 84 valence electrons. The van der Waals surface area contributed by atoms with Crippen LogP contribution in [0.4, 0.5) is 0 Å². The lowest BCUT2D eigenvalue weighted by Gasteiger charge is -2.27. The molecule has 4 nitrogen and oxygen atoms in total. The molecule has 0 aliphatic heterocycles. The Morgan fingerprint density at radius 3 is 2.87 bits per heavy atom. The van der Waals surface area contributed by atoms with Gasteiger partial charge in [0.05, 0.1) is 7.11 Å². The number of ether oxygens (including phenoxy) is 1. The first-order chi connectivity index (χ1) is 7.11. The van der Waals surface area contributed by atoms with E-state index in [0.29, 0.717) is 12.4 Å². The van der Waals surface area contributed by atoms with Gasteiger partial charge in [-0.1, -0.05) is 6.07 Å². The molecule has 0 amide bonds. The SMILES string of the molecule is COc1ncccc1C(C)(C)NCCN. The molecule has 3 N–H and O–H groups in total. The van der Waals surface area contributed by atoms with E-state index in [4.69, 9.17) is 10.5 Å². The highest BCUT2D eigenvalue weighted by Gasteiger charge is 2.23. The zero-order valence-corrected chi connectivity index (χ0v) is 9.58. The van der Waals surface area contributed by atoms with Gasteiger partial charge < -0.3 is 15.8 Å². The average Bonchev–Trinajstić information content (AvgIpc) is 2.26. The second-order valence-electron chi connectivity index (χ2n) is 3.90. The van der Waals surface area contributed by atoms with Gasteiger partial charge in [-0.25, -0.2) is 4.98 Å². The molecule has 0 aromatic carbocycles.